The molecular weight excluding hydrogens is 320 g/mol. The number of nitro groups is 1. The van der Waals surface area contributed by atoms with Crippen molar-refractivity contribution < 1.29 is 14.1 Å². The first kappa shape index (κ1) is 16.7. The Bertz CT molecular complexity index is 988. The van der Waals surface area contributed by atoms with Crippen molar-refractivity contribution in [3.63, 3.8) is 0 Å². The van der Waals surface area contributed by atoms with Gasteiger partial charge in [-0.15, -0.1) is 0 Å². The van der Waals surface area contributed by atoms with Crippen molar-refractivity contribution in [3.8, 4) is 0 Å². The summed E-state index contributed by atoms with van der Waals surface area (Å²) >= 11 is 0. The van der Waals surface area contributed by atoms with Crippen molar-refractivity contribution in [1.82, 2.24) is 0 Å². The van der Waals surface area contributed by atoms with Gasteiger partial charge in [-0.1, -0.05) is 19.1 Å². The van der Waals surface area contributed by atoms with E-state index in [1.54, 1.807) is 13.0 Å². The van der Waals surface area contributed by atoms with Gasteiger partial charge in [0.05, 0.1) is 10.6 Å². The zero-order chi connectivity index (χ0) is 18.1. The largest absolute Gasteiger partial charge is 0.451 e. The monoisotopic (exact) mass is 338 g/mol. The van der Waals surface area contributed by atoms with E-state index in [1.807, 2.05) is 25.1 Å². The van der Waals surface area contributed by atoms with Gasteiger partial charge in [0.1, 0.15) is 5.58 Å². The maximum atomic E-state index is 12.6. The van der Waals surface area contributed by atoms with Gasteiger partial charge < -0.3 is 9.73 Å². The Kier molecular flexibility index (Phi) is 4.27. The van der Waals surface area contributed by atoms with E-state index in [0.717, 1.165) is 28.5 Å². The number of nitro benzene ring substituents is 1. The summed E-state index contributed by atoms with van der Waals surface area (Å²) in [7, 11) is 0. The first-order chi connectivity index (χ1) is 11.9. The average Bonchev–Trinajstić information content (AvgIpc) is 2.93. The average molecular weight is 338 g/mol. The number of rotatable bonds is 4. The molecule has 1 amide bonds. The molecule has 3 rings (SSSR count). The number of non-ortho nitro benzene ring substituents is 1. The van der Waals surface area contributed by atoms with Crippen LogP contribution in [0, 0.1) is 24.0 Å². The summed E-state index contributed by atoms with van der Waals surface area (Å²) in [6.07, 6.45) is 0.898. The molecule has 0 aliphatic rings. The van der Waals surface area contributed by atoms with Crippen LogP contribution in [0.15, 0.2) is 40.8 Å². The number of furan rings is 1. The zero-order valence-corrected chi connectivity index (χ0v) is 14.3. The molecule has 0 saturated carbocycles. The molecule has 128 valence electrons. The maximum absolute atomic E-state index is 12.6. The minimum atomic E-state index is -0.492. The van der Waals surface area contributed by atoms with E-state index in [-0.39, 0.29) is 11.4 Å². The van der Waals surface area contributed by atoms with E-state index in [2.05, 4.69) is 12.2 Å². The van der Waals surface area contributed by atoms with E-state index < -0.39 is 10.8 Å². The number of carbonyl (C=O) groups is 1. The predicted octanol–water partition coefficient (Wildman–Crippen LogP) is 4.77. The lowest BCUT2D eigenvalue weighted by Gasteiger charge is -2.07. The van der Waals surface area contributed by atoms with Crippen molar-refractivity contribution in [3.05, 3.63) is 69.0 Å². The highest BCUT2D eigenvalue weighted by molar-refractivity contribution is 6.06. The van der Waals surface area contributed by atoms with Crippen LogP contribution < -0.4 is 5.32 Å². The number of carbonyl (C=O) groups excluding carboxylic acids is 1. The van der Waals surface area contributed by atoms with Crippen molar-refractivity contribution in [2.45, 2.75) is 27.2 Å². The van der Waals surface area contributed by atoms with E-state index in [4.69, 9.17) is 4.42 Å². The highest BCUT2D eigenvalue weighted by atomic mass is 16.6. The second kappa shape index (κ2) is 6.39. The first-order valence-electron chi connectivity index (χ1n) is 7.99. The number of hydrogen-bond acceptors (Lipinski definition) is 4. The Hall–Kier alpha value is -3.15. The zero-order valence-electron chi connectivity index (χ0n) is 14.3. The number of benzene rings is 2. The molecule has 25 heavy (non-hydrogen) atoms. The molecule has 0 spiro atoms. The third-order valence-corrected chi connectivity index (χ3v) is 4.30. The molecule has 1 N–H and O–H groups in total. The quantitative estimate of drug-likeness (QED) is 0.548. The standard InChI is InChI=1S/C19H18N2O4/c1-4-13-6-8-17-15(9-13)12(3)18(25-17)19(22)20-16-10-14(21(23)24)7-5-11(16)2/h5-10H,4H2,1-3H3,(H,20,22). The van der Waals surface area contributed by atoms with Gasteiger partial charge >= 0.3 is 0 Å². The smallest absolute Gasteiger partial charge is 0.291 e. The molecule has 2 aromatic carbocycles. The van der Waals surface area contributed by atoms with Crippen molar-refractivity contribution in [2.75, 3.05) is 5.32 Å². The van der Waals surface area contributed by atoms with Crippen LogP contribution >= 0.6 is 0 Å². The summed E-state index contributed by atoms with van der Waals surface area (Å²) in [5.41, 5.74) is 3.63. The molecule has 0 bridgehead atoms. The molecule has 0 saturated heterocycles. The molecule has 3 aromatic rings. The Labute approximate surface area is 144 Å². The van der Waals surface area contributed by atoms with Crippen LogP contribution in [0.25, 0.3) is 11.0 Å². The highest BCUT2D eigenvalue weighted by Gasteiger charge is 2.19. The number of fused-ring (bicyclic) bond motifs is 1. The van der Waals surface area contributed by atoms with Gasteiger partial charge in [0.2, 0.25) is 0 Å². The highest BCUT2D eigenvalue weighted by Crippen LogP contribution is 2.28. The summed E-state index contributed by atoms with van der Waals surface area (Å²) in [4.78, 5) is 23.1. The van der Waals surface area contributed by atoms with Crippen molar-refractivity contribution in [1.29, 1.82) is 0 Å². The van der Waals surface area contributed by atoms with E-state index in [1.165, 1.54) is 12.1 Å². The molecule has 0 radical (unpaired) electrons. The van der Waals surface area contributed by atoms with Gasteiger partial charge in [-0.2, -0.15) is 0 Å². The fourth-order valence-electron chi connectivity index (χ4n) is 2.74. The fraction of sp³-hybridized carbons (Fsp3) is 0.211. The van der Waals surface area contributed by atoms with Crippen molar-refractivity contribution >= 4 is 28.3 Å². The topological polar surface area (TPSA) is 85.4 Å². The Morgan fingerprint density at radius 3 is 2.64 bits per heavy atom. The third-order valence-electron chi connectivity index (χ3n) is 4.30. The van der Waals surface area contributed by atoms with Gasteiger partial charge in [0.25, 0.3) is 11.6 Å². The minimum Gasteiger partial charge on any atom is -0.451 e. The lowest BCUT2D eigenvalue weighted by molar-refractivity contribution is -0.384. The minimum absolute atomic E-state index is 0.0742. The lowest BCUT2D eigenvalue weighted by atomic mass is 10.1. The molecule has 0 fully saturated rings. The third kappa shape index (κ3) is 3.10. The second-order valence-corrected chi connectivity index (χ2v) is 5.95. The molecule has 0 atom stereocenters. The molecule has 6 heteroatoms. The van der Waals surface area contributed by atoms with E-state index in [9.17, 15) is 14.9 Å². The number of amides is 1. The predicted molar refractivity (Wildman–Crippen MR) is 96.1 cm³/mol. The lowest BCUT2D eigenvalue weighted by Crippen LogP contribution is -2.13. The first-order valence-corrected chi connectivity index (χ1v) is 7.99. The van der Waals surface area contributed by atoms with Crippen LogP contribution in [-0.2, 0) is 6.42 Å². The second-order valence-electron chi connectivity index (χ2n) is 5.95. The number of nitrogens with one attached hydrogen (secondary N) is 1. The number of nitrogens with zero attached hydrogens (tertiary/aromatic N) is 1. The summed E-state index contributed by atoms with van der Waals surface area (Å²) in [5, 5.41) is 14.5. The molecule has 0 unspecified atom stereocenters. The fourth-order valence-corrected chi connectivity index (χ4v) is 2.74. The number of anilines is 1. The summed E-state index contributed by atoms with van der Waals surface area (Å²) < 4.78 is 5.70. The normalized spacial score (nSPS) is 10.8. The van der Waals surface area contributed by atoms with Gasteiger partial charge in [0.15, 0.2) is 5.76 Å². The van der Waals surface area contributed by atoms with Gasteiger partial charge in [-0.3, -0.25) is 14.9 Å². The van der Waals surface area contributed by atoms with Crippen LogP contribution in [0.2, 0.25) is 0 Å². The van der Waals surface area contributed by atoms with Gasteiger partial charge in [0, 0.05) is 23.1 Å². The molecule has 6 nitrogen and oxygen atoms in total. The molecular formula is C19H18N2O4. The number of hydrogen-bond donors (Lipinski definition) is 1. The number of aryl methyl sites for hydroxylation is 3. The summed E-state index contributed by atoms with van der Waals surface area (Å²) in [6.45, 7) is 5.67. The summed E-state index contributed by atoms with van der Waals surface area (Å²) in [5.74, 6) is -0.204. The van der Waals surface area contributed by atoms with Gasteiger partial charge in [-0.25, -0.2) is 0 Å². The van der Waals surface area contributed by atoms with Crippen molar-refractivity contribution in [2.24, 2.45) is 0 Å². The van der Waals surface area contributed by atoms with Crippen LogP contribution in [0.1, 0.15) is 34.2 Å². The molecule has 1 aromatic heterocycles. The van der Waals surface area contributed by atoms with Crippen LogP contribution in [0.3, 0.4) is 0 Å². The Morgan fingerprint density at radius 1 is 1.20 bits per heavy atom. The van der Waals surface area contributed by atoms with Crippen LogP contribution in [-0.4, -0.2) is 10.8 Å². The summed E-state index contributed by atoms with van der Waals surface area (Å²) in [6, 6.07) is 10.2. The SMILES string of the molecule is CCc1ccc2oc(C(=O)Nc3cc([N+](=O)[O-])ccc3C)c(C)c2c1. The Balaban J connectivity index is 1.96. The molecule has 0 aliphatic heterocycles. The molecule has 0 aliphatic carbocycles. The molecule has 1 heterocycles. The van der Waals surface area contributed by atoms with Crippen LogP contribution in [0.4, 0.5) is 11.4 Å². The Morgan fingerprint density at radius 2 is 1.96 bits per heavy atom. The van der Waals surface area contributed by atoms with E-state index >= 15 is 0 Å². The van der Waals surface area contributed by atoms with E-state index in [0.29, 0.717) is 11.3 Å². The maximum Gasteiger partial charge on any atom is 0.291 e. The van der Waals surface area contributed by atoms with Gasteiger partial charge in [-0.05, 0) is 43.5 Å². The van der Waals surface area contributed by atoms with Crippen LogP contribution in [0.5, 0.6) is 0 Å².